The van der Waals surface area contributed by atoms with Crippen LogP contribution in [0.15, 0.2) is 53.4 Å². The zero-order chi connectivity index (χ0) is 20.3. The molecule has 0 unspecified atom stereocenters. The van der Waals surface area contributed by atoms with Crippen LogP contribution in [0.5, 0.6) is 0 Å². The molecule has 0 fully saturated rings. The average molecular weight is 416 g/mol. The molecule has 0 saturated heterocycles. The van der Waals surface area contributed by atoms with Gasteiger partial charge in [-0.3, -0.25) is 9.52 Å². The van der Waals surface area contributed by atoms with E-state index in [4.69, 9.17) is 0 Å². The first-order chi connectivity index (χ1) is 13.3. The summed E-state index contributed by atoms with van der Waals surface area (Å²) in [5, 5.41) is 3.00. The number of carbonyl (C=O) groups excluding carboxylic acids is 1. The van der Waals surface area contributed by atoms with Crippen LogP contribution in [0.25, 0.3) is 0 Å². The van der Waals surface area contributed by atoms with E-state index in [2.05, 4.69) is 15.0 Å². The minimum Gasteiger partial charge on any atom is -0.347 e. The lowest BCUT2D eigenvalue weighted by Gasteiger charge is -2.08. The van der Waals surface area contributed by atoms with Gasteiger partial charge in [-0.2, -0.15) is 0 Å². The minimum atomic E-state index is -3.78. The molecule has 0 aliphatic carbocycles. The largest absolute Gasteiger partial charge is 0.347 e. The molecule has 6 nitrogen and oxygen atoms in total. The number of carbonyl (C=O) groups is 1. The maximum atomic E-state index is 12.7. The summed E-state index contributed by atoms with van der Waals surface area (Å²) in [6.07, 6.45) is 0. The third-order valence-corrected chi connectivity index (χ3v) is 6.84. The lowest BCUT2D eigenvalue weighted by Crippen LogP contribution is -2.22. The van der Waals surface area contributed by atoms with Gasteiger partial charge in [-0.1, -0.05) is 59.4 Å². The van der Waals surface area contributed by atoms with Gasteiger partial charge in [-0.15, -0.1) is 0 Å². The first kappa shape index (κ1) is 20.0. The van der Waals surface area contributed by atoms with Crippen molar-refractivity contribution in [2.75, 3.05) is 4.72 Å². The van der Waals surface area contributed by atoms with Crippen LogP contribution in [0.4, 0.5) is 5.13 Å². The Kier molecular flexibility index (Phi) is 5.81. The average Bonchev–Trinajstić information content (AvgIpc) is 2.99. The van der Waals surface area contributed by atoms with E-state index in [0.29, 0.717) is 22.7 Å². The molecule has 0 aliphatic heterocycles. The van der Waals surface area contributed by atoms with E-state index in [1.165, 1.54) is 0 Å². The summed E-state index contributed by atoms with van der Waals surface area (Å²) in [7, 11) is -3.78. The second kappa shape index (κ2) is 8.12. The third kappa shape index (κ3) is 4.58. The van der Waals surface area contributed by atoms with Crippen molar-refractivity contribution in [1.29, 1.82) is 0 Å². The molecule has 3 rings (SSSR count). The van der Waals surface area contributed by atoms with Crippen molar-refractivity contribution >= 4 is 32.4 Å². The van der Waals surface area contributed by atoms with Crippen LogP contribution in [0, 0.1) is 20.8 Å². The Morgan fingerprint density at radius 1 is 1.07 bits per heavy atom. The third-order valence-electron chi connectivity index (χ3n) is 4.14. The van der Waals surface area contributed by atoms with Gasteiger partial charge in [0.15, 0.2) is 5.13 Å². The number of aromatic nitrogens is 1. The molecule has 0 bridgehead atoms. The Morgan fingerprint density at radius 2 is 1.79 bits per heavy atom. The maximum Gasteiger partial charge on any atom is 0.263 e. The van der Waals surface area contributed by atoms with Crippen molar-refractivity contribution < 1.29 is 13.2 Å². The van der Waals surface area contributed by atoms with E-state index in [1.54, 1.807) is 26.0 Å². The Hall–Kier alpha value is -2.71. The molecule has 0 saturated carbocycles. The summed E-state index contributed by atoms with van der Waals surface area (Å²) in [5.41, 5.74) is 3.10. The molecule has 2 aromatic carbocycles. The molecule has 0 aliphatic rings. The Labute approximate surface area is 168 Å². The smallest absolute Gasteiger partial charge is 0.263 e. The molecular formula is C20H21N3O3S2. The lowest BCUT2D eigenvalue weighted by molar-refractivity contribution is 0.0954. The summed E-state index contributed by atoms with van der Waals surface area (Å²) >= 11 is 1.02. The number of thiazole rings is 1. The number of amides is 1. The van der Waals surface area contributed by atoms with Crippen molar-refractivity contribution in [2.24, 2.45) is 0 Å². The summed E-state index contributed by atoms with van der Waals surface area (Å²) in [6.45, 7) is 5.72. The van der Waals surface area contributed by atoms with Crippen LogP contribution in [0.1, 0.15) is 32.1 Å². The summed E-state index contributed by atoms with van der Waals surface area (Å²) < 4.78 is 27.9. The summed E-state index contributed by atoms with van der Waals surface area (Å²) in [4.78, 5) is 17.3. The standard InChI is InChI=1S/C20H21N3O3S2/c1-13-9-10-17(14(2)11-13)28(25,26)23-20-22-15(3)18(27-20)19(24)21-12-16-7-5-4-6-8-16/h4-11H,12H2,1-3H3,(H,21,24)(H,22,23). The quantitative estimate of drug-likeness (QED) is 0.641. The van der Waals surface area contributed by atoms with E-state index in [9.17, 15) is 13.2 Å². The predicted octanol–water partition coefficient (Wildman–Crippen LogP) is 3.80. The highest BCUT2D eigenvalue weighted by molar-refractivity contribution is 7.93. The predicted molar refractivity (Wildman–Crippen MR) is 111 cm³/mol. The highest BCUT2D eigenvalue weighted by Gasteiger charge is 2.21. The molecule has 1 amide bonds. The van der Waals surface area contributed by atoms with Crippen LogP contribution in [0.2, 0.25) is 0 Å². The van der Waals surface area contributed by atoms with Gasteiger partial charge in [0.25, 0.3) is 15.9 Å². The molecule has 0 atom stereocenters. The second-order valence-corrected chi connectivity index (χ2v) is 9.13. The van der Waals surface area contributed by atoms with Gasteiger partial charge in [0.2, 0.25) is 0 Å². The second-order valence-electron chi connectivity index (χ2n) is 6.48. The number of nitrogens with one attached hydrogen (secondary N) is 2. The fraction of sp³-hybridized carbons (Fsp3) is 0.200. The van der Waals surface area contributed by atoms with Gasteiger partial charge in [0.05, 0.1) is 10.6 Å². The van der Waals surface area contributed by atoms with E-state index in [1.807, 2.05) is 43.3 Å². The molecule has 1 heterocycles. The minimum absolute atomic E-state index is 0.169. The van der Waals surface area contributed by atoms with Crippen LogP contribution in [-0.2, 0) is 16.6 Å². The van der Waals surface area contributed by atoms with E-state index >= 15 is 0 Å². The molecule has 8 heteroatoms. The van der Waals surface area contributed by atoms with Crippen molar-refractivity contribution in [3.63, 3.8) is 0 Å². The molecule has 0 spiro atoms. The van der Waals surface area contributed by atoms with Crippen LogP contribution >= 0.6 is 11.3 Å². The van der Waals surface area contributed by atoms with Crippen molar-refractivity contribution in [3.05, 3.63) is 75.8 Å². The zero-order valence-electron chi connectivity index (χ0n) is 15.8. The van der Waals surface area contributed by atoms with Crippen molar-refractivity contribution in [3.8, 4) is 0 Å². The molecule has 28 heavy (non-hydrogen) atoms. The van der Waals surface area contributed by atoms with Gasteiger partial charge < -0.3 is 5.32 Å². The molecule has 0 radical (unpaired) electrons. The normalized spacial score (nSPS) is 11.2. The number of hydrogen-bond acceptors (Lipinski definition) is 5. The summed E-state index contributed by atoms with van der Waals surface area (Å²) in [5.74, 6) is -0.282. The van der Waals surface area contributed by atoms with Gasteiger partial charge in [-0.05, 0) is 38.0 Å². The van der Waals surface area contributed by atoms with E-state index in [-0.39, 0.29) is 15.9 Å². The van der Waals surface area contributed by atoms with Crippen LogP contribution in [-0.4, -0.2) is 19.3 Å². The number of sulfonamides is 1. The number of anilines is 1. The maximum absolute atomic E-state index is 12.7. The summed E-state index contributed by atoms with van der Waals surface area (Å²) in [6, 6.07) is 14.7. The van der Waals surface area contributed by atoms with Gasteiger partial charge in [0, 0.05) is 6.54 Å². The fourth-order valence-corrected chi connectivity index (χ4v) is 5.13. The topological polar surface area (TPSA) is 88.2 Å². The first-order valence-electron chi connectivity index (χ1n) is 8.66. The highest BCUT2D eigenvalue weighted by Crippen LogP contribution is 2.26. The molecular weight excluding hydrogens is 394 g/mol. The number of nitrogens with zero attached hydrogens (tertiary/aromatic N) is 1. The lowest BCUT2D eigenvalue weighted by atomic mass is 10.2. The highest BCUT2D eigenvalue weighted by atomic mass is 32.2. The molecule has 1 aromatic heterocycles. The molecule has 146 valence electrons. The monoisotopic (exact) mass is 415 g/mol. The van der Waals surface area contributed by atoms with Crippen LogP contribution in [0.3, 0.4) is 0 Å². The number of benzene rings is 2. The Balaban J connectivity index is 1.75. The van der Waals surface area contributed by atoms with Crippen molar-refractivity contribution in [1.82, 2.24) is 10.3 Å². The fourth-order valence-electron chi connectivity index (χ4n) is 2.78. The molecule has 3 aromatic rings. The van der Waals surface area contributed by atoms with Crippen LogP contribution < -0.4 is 10.0 Å². The van der Waals surface area contributed by atoms with Gasteiger partial charge >= 0.3 is 0 Å². The molecule has 2 N–H and O–H groups in total. The van der Waals surface area contributed by atoms with Crippen molar-refractivity contribution in [2.45, 2.75) is 32.2 Å². The number of rotatable bonds is 6. The number of aryl methyl sites for hydroxylation is 3. The Morgan fingerprint density at radius 3 is 2.46 bits per heavy atom. The number of hydrogen-bond donors (Lipinski definition) is 2. The zero-order valence-corrected chi connectivity index (χ0v) is 17.4. The first-order valence-corrected chi connectivity index (χ1v) is 11.0. The van der Waals surface area contributed by atoms with E-state index < -0.39 is 10.0 Å². The SMILES string of the molecule is Cc1ccc(S(=O)(=O)Nc2nc(C)c(C(=O)NCc3ccccc3)s2)c(C)c1. The van der Waals surface area contributed by atoms with E-state index in [0.717, 1.165) is 22.5 Å². The van der Waals surface area contributed by atoms with Gasteiger partial charge in [0.1, 0.15) is 4.88 Å². The Bertz CT molecular complexity index is 1110. The van der Waals surface area contributed by atoms with Gasteiger partial charge in [-0.25, -0.2) is 13.4 Å².